The van der Waals surface area contributed by atoms with Crippen LogP contribution in [0.15, 0.2) is 35.3 Å². The van der Waals surface area contributed by atoms with Crippen LogP contribution in [0.4, 0.5) is 0 Å². The number of hydrogen-bond acceptors (Lipinski definition) is 2. The van der Waals surface area contributed by atoms with Gasteiger partial charge >= 0.3 is 0 Å². The van der Waals surface area contributed by atoms with Crippen molar-refractivity contribution in [1.29, 1.82) is 0 Å². The van der Waals surface area contributed by atoms with E-state index in [1.165, 1.54) is 0 Å². The minimum Gasteiger partial charge on any atom is -0.324 e. The monoisotopic (exact) mass is 250 g/mol. The molecule has 4 heteroatoms. The van der Waals surface area contributed by atoms with Gasteiger partial charge in [0.2, 0.25) is 0 Å². The van der Waals surface area contributed by atoms with Gasteiger partial charge in [-0.2, -0.15) is 0 Å². The average molecular weight is 251 g/mol. The molecule has 90 valence electrons. The Labute approximate surface area is 105 Å². The Morgan fingerprint density at radius 1 is 1.35 bits per heavy atom. The van der Waals surface area contributed by atoms with E-state index in [4.69, 9.17) is 17.3 Å². The number of aromatic nitrogens is 1. The molecule has 2 aromatic rings. The summed E-state index contributed by atoms with van der Waals surface area (Å²) >= 11 is 5.89. The maximum atomic E-state index is 12.2. The van der Waals surface area contributed by atoms with Gasteiger partial charge < -0.3 is 10.3 Å². The lowest BCUT2D eigenvalue weighted by molar-refractivity contribution is 0.428. The second kappa shape index (κ2) is 4.17. The van der Waals surface area contributed by atoms with Crippen molar-refractivity contribution in [2.24, 2.45) is 5.73 Å². The van der Waals surface area contributed by atoms with Crippen LogP contribution in [-0.4, -0.2) is 10.1 Å². The molecule has 1 aromatic carbocycles. The second-order valence-corrected chi connectivity index (χ2v) is 5.41. The first-order valence-corrected chi connectivity index (χ1v) is 5.82. The van der Waals surface area contributed by atoms with E-state index in [0.29, 0.717) is 17.0 Å². The van der Waals surface area contributed by atoms with Crippen LogP contribution in [0.1, 0.15) is 13.8 Å². The average Bonchev–Trinajstić information content (AvgIpc) is 2.20. The van der Waals surface area contributed by atoms with E-state index >= 15 is 0 Å². The lowest BCUT2D eigenvalue weighted by Gasteiger charge is -2.20. The fourth-order valence-electron chi connectivity index (χ4n) is 1.82. The molecule has 1 heterocycles. The topological polar surface area (TPSA) is 48.0 Å². The zero-order valence-electron chi connectivity index (χ0n) is 9.90. The lowest BCUT2D eigenvalue weighted by atomic mass is 10.1. The maximum absolute atomic E-state index is 12.2. The van der Waals surface area contributed by atoms with Gasteiger partial charge in [-0.15, -0.1) is 0 Å². The summed E-state index contributed by atoms with van der Waals surface area (Å²) in [6, 6.07) is 7.15. The molecular formula is C13H15ClN2O. The molecule has 2 N–H and O–H groups in total. The molecule has 0 radical (unpaired) electrons. The summed E-state index contributed by atoms with van der Waals surface area (Å²) in [5.74, 6) is 0. The van der Waals surface area contributed by atoms with E-state index in [0.717, 1.165) is 5.39 Å². The molecule has 0 aliphatic rings. The van der Waals surface area contributed by atoms with E-state index in [-0.39, 0.29) is 5.56 Å². The number of hydrogen-bond donors (Lipinski definition) is 1. The largest absolute Gasteiger partial charge is 0.324 e. The van der Waals surface area contributed by atoms with Gasteiger partial charge in [-0.05, 0) is 43.5 Å². The molecule has 0 atom stereocenters. The van der Waals surface area contributed by atoms with E-state index in [1.807, 2.05) is 19.9 Å². The normalized spacial score (nSPS) is 12.0. The fraction of sp³-hybridized carbons (Fsp3) is 0.308. The Hall–Kier alpha value is -1.32. The van der Waals surface area contributed by atoms with Crippen molar-refractivity contribution in [3.05, 3.63) is 45.8 Å². The zero-order valence-corrected chi connectivity index (χ0v) is 10.7. The number of benzene rings is 1. The molecule has 0 fully saturated rings. The summed E-state index contributed by atoms with van der Waals surface area (Å²) in [4.78, 5) is 12.2. The summed E-state index contributed by atoms with van der Waals surface area (Å²) in [5, 5.41) is 2.16. The van der Waals surface area contributed by atoms with Crippen LogP contribution in [-0.2, 0) is 6.54 Å². The molecule has 0 saturated heterocycles. The van der Waals surface area contributed by atoms with Gasteiger partial charge in [0.05, 0.1) is 0 Å². The summed E-state index contributed by atoms with van der Waals surface area (Å²) in [5.41, 5.74) is 5.48. The third-order valence-electron chi connectivity index (χ3n) is 2.52. The summed E-state index contributed by atoms with van der Waals surface area (Å²) in [6.45, 7) is 4.28. The number of fused-ring (bicyclic) bond motifs is 1. The number of pyridine rings is 1. The summed E-state index contributed by atoms with van der Waals surface area (Å²) < 4.78 is 1.64. The number of rotatable bonds is 2. The predicted octanol–water partition coefficient (Wildman–Crippen LogP) is 2.39. The van der Waals surface area contributed by atoms with Gasteiger partial charge in [0, 0.05) is 28.7 Å². The lowest BCUT2D eigenvalue weighted by Crippen LogP contribution is -2.40. The minimum absolute atomic E-state index is 0.0299. The van der Waals surface area contributed by atoms with Crippen molar-refractivity contribution in [2.45, 2.75) is 25.9 Å². The second-order valence-electron chi connectivity index (χ2n) is 4.97. The molecule has 17 heavy (non-hydrogen) atoms. The van der Waals surface area contributed by atoms with Crippen LogP contribution >= 0.6 is 11.6 Å². The highest BCUT2D eigenvalue weighted by atomic mass is 35.5. The van der Waals surface area contributed by atoms with Gasteiger partial charge in [0.15, 0.2) is 0 Å². The minimum atomic E-state index is -0.413. The van der Waals surface area contributed by atoms with Crippen molar-refractivity contribution >= 4 is 22.4 Å². The molecule has 0 aliphatic heterocycles. The molecule has 0 spiro atoms. The fourth-order valence-corrected chi connectivity index (χ4v) is 2.00. The van der Waals surface area contributed by atoms with E-state index in [1.54, 1.807) is 29.0 Å². The van der Waals surface area contributed by atoms with Crippen LogP contribution in [0.3, 0.4) is 0 Å². The number of nitrogens with zero attached hydrogens (tertiary/aromatic N) is 1. The van der Waals surface area contributed by atoms with Crippen molar-refractivity contribution < 1.29 is 0 Å². The quantitative estimate of drug-likeness (QED) is 0.890. The van der Waals surface area contributed by atoms with Gasteiger partial charge in [-0.1, -0.05) is 11.6 Å². The van der Waals surface area contributed by atoms with E-state index in [2.05, 4.69) is 0 Å². The van der Waals surface area contributed by atoms with Gasteiger partial charge in [0.1, 0.15) is 0 Å². The Balaban J connectivity index is 2.59. The molecule has 2 rings (SSSR count). The molecule has 0 unspecified atom stereocenters. The smallest absolute Gasteiger partial charge is 0.258 e. The van der Waals surface area contributed by atoms with E-state index < -0.39 is 5.54 Å². The molecule has 0 saturated carbocycles. The Morgan fingerprint density at radius 2 is 2.06 bits per heavy atom. The van der Waals surface area contributed by atoms with Crippen molar-refractivity contribution in [3.63, 3.8) is 0 Å². The van der Waals surface area contributed by atoms with Gasteiger partial charge in [0.25, 0.3) is 5.56 Å². The molecule has 1 aromatic heterocycles. The Kier molecular flexibility index (Phi) is 2.98. The number of halogens is 1. The van der Waals surface area contributed by atoms with E-state index in [9.17, 15) is 4.79 Å². The SMILES string of the molecule is CC(C)(N)Cn1ccc2cc(Cl)ccc2c1=O. The van der Waals surface area contributed by atoms with Gasteiger partial charge in [-0.3, -0.25) is 4.79 Å². The third kappa shape index (κ3) is 2.68. The highest BCUT2D eigenvalue weighted by Gasteiger charge is 2.13. The maximum Gasteiger partial charge on any atom is 0.258 e. The standard InChI is InChI=1S/C13H15ClN2O/c1-13(2,15)8-16-6-5-9-7-10(14)3-4-11(9)12(16)17/h3-7H,8,15H2,1-2H3. The zero-order chi connectivity index (χ0) is 12.6. The molecular weight excluding hydrogens is 236 g/mol. The predicted molar refractivity (Wildman–Crippen MR) is 71.5 cm³/mol. The Morgan fingerprint density at radius 3 is 2.71 bits per heavy atom. The van der Waals surface area contributed by atoms with Crippen molar-refractivity contribution in [3.8, 4) is 0 Å². The molecule has 0 amide bonds. The highest BCUT2D eigenvalue weighted by molar-refractivity contribution is 6.31. The van der Waals surface area contributed by atoms with Crippen LogP contribution in [0, 0.1) is 0 Å². The van der Waals surface area contributed by atoms with Crippen LogP contribution in [0.5, 0.6) is 0 Å². The van der Waals surface area contributed by atoms with Crippen LogP contribution < -0.4 is 11.3 Å². The summed E-state index contributed by atoms with van der Waals surface area (Å²) in [7, 11) is 0. The first-order chi connectivity index (χ1) is 7.87. The first-order valence-electron chi connectivity index (χ1n) is 5.44. The Bertz CT molecular complexity index is 611. The molecule has 0 aliphatic carbocycles. The third-order valence-corrected chi connectivity index (χ3v) is 2.75. The van der Waals surface area contributed by atoms with Crippen LogP contribution in [0.2, 0.25) is 5.02 Å². The highest BCUT2D eigenvalue weighted by Crippen LogP contribution is 2.16. The first kappa shape index (κ1) is 12.1. The van der Waals surface area contributed by atoms with Crippen molar-refractivity contribution in [1.82, 2.24) is 4.57 Å². The van der Waals surface area contributed by atoms with Crippen molar-refractivity contribution in [2.75, 3.05) is 0 Å². The number of nitrogens with two attached hydrogens (primary N) is 1. The molecule has 0 bridgehead atoms. The van der Waals surface area contributed by atoms with Gasteiger partial charge in [-0.25, -0.2) is 0 Å². The molecule has 3 nitrogen and oxygen atoms in total. The van der Waals surface area contributed by atoms with Crippen LogP contribution in [0.25, 0.3) is 10.8 Å². The summed E-state index contributed by atoms with van der Waals surface area (Å²) in [6.07, 6.45) is 1.76.